The molecule has 1 aliphatic rings. The van der Waals surface area contributed by atoms with Crippen LogP contribution in [0.3, 0.4) is 0 Å². The third-order valence-corrected chi connectivity index (χ3v) is 4.49. The Kier molecular flexibility index (Phi) is 3.89. The number of carbonyl (C=O) groups is 1. The van der Waals surface area contributed by atoms with Gasteiger partial charge in [-0.25, -0.2) is 0 Å². The Morgan fingerprint density at radius 1 is 1.36 bits per heavy atom. The second kappa shape index (κ2) is 6.09. The van der Waals surface area contributed by atoms with Gasteiger partial charge in [-0.3, -0.25) is 9.48 Å². The molecule has 1 N–H and O–H groups in total. The summed E-state index contributed by atoms with van der Waals surface area (Å²) in [5, 5.41) is 14.7. The van der Waals surface area contributed by atoms with Crippen molar-refractivity contribution in [3.8, 4) is 5.75 Å². The maximum Gasteiger partial charge on any atom is 0.290 e. The molecule has 3 heterocycles. The quantitative estimate of drug-likeness (QED) is 0.775. The lowest BCUT2D eigenvalue weighted by Crippen LogP contribution is -2.38. The summed E-state index contributed by atoms with van der Waals surface area (Å²) in [6, 6.07) is 6.87. The van der Waals surface area contributed by atoms with Crippen molar-refractivity contribution in [2.75, 3.05) is 13.7 Å². The fourth-order valence-electron chi connectivity index (χ4n) is 3.08. The zero-order valence-electron chi connectivity index (χ0n) is 13.5. The van der Waals surface area contributed by atoms with Crippen molar-refractivity contribution in [3.05, 3.63) is 46.4 Å². The smallest absolute Gasteiger partial charge is 0.290 e. The Hall–Kier alpha value is -2.51. The molecule has 25 heavy (non-hydrogen) atoms. The van der Waals surface area contributed by atoms with Crippen LogP contribution in [-0.4, -0.2) is 39.3 Å². The Morgan fingerprint density at radius 3 is 2.96 bits per heavy atom. The van der Waals surface area contributed by atoms with Gasteiger partial charge in [-0.2, -0.15) is 5.10 Å². The molecular weight excluding hydrogens is 346 g/mol. The summed E-state index contributed by atoms with van der Waals surface area (Å²) < 4.78 is 12.8. The number of methoxy groups -OCH3 is 1. The maximum atomic E-state index is 12.8. The molecule has 0 unspecified atom stereocenters. The Bertz CT molecular complexity index is 962. The van der Waals surface area contributed by atoms with Crippen LogP contribution in [0.2, 0.25) is 5.02 Å². The number of nitrogens with zero attached hydrogens (tertiary/aromatic N) is 3. The van der Waals surface area contributed by atoms with E-state index < -0.39 is 0 Å². The number of ether oxygens (including phenoxy) is 1. The molecule has 4 rings (SSSR count). The number of furan rings is 1. The minimum absolute atomic E-state index is 0.113. The summed E-state index contributed by atoms with van der Waals surface area (Å²) in [6.45, 7) is 1.41. The molecule has 0 radical (unpaired) electrons. The lowest BCUT2D eigenvalue weighted by molar-refractivity contribution is 0.0676. The van der Waals surface area contributed by atoms with Gasteiger partial charge in [0.2, 0.25) is 0 Å². The summed E-state index contributed by atoms with van der Waals surface area (Å²) in [7, 11) is 1.53. The van der Waals surface area contributed by atoms with Gasteiger partial charge in [0.1, 0.15) is 0 Å². The van der Waals surface area contributed by atoms with Crippen LogP contribution in [0.1, 0.15) is 21.9 Å². The molecule has 3 aromatic rings. The maximum absolute atomic E-state index is 12.8. The normalized spacial score (nSPS) is 14.0. The van der Waals surface area contributed by atoms with E-state index in [2.05, 4.69) is 5.10 Å². The van der Waals surface area contributed by atoms with Crippen molar-refractivity contribution in [2.45, 2.75) is 19.7 Å². The SMILES string of the molecule is COc1cc(Cl)cc2cc(C(=O)N3CCn4nc(CO)cc4C3)oc12. The number of aliphatic hydroxyl groups excluding tert-OH is 1. The fraction of sp³-hybridized carbons (Fsp3) is 0.294. The fourth-order valence-corrected chi connectivity index (χ4v) is 3.29. The number of rotatable bonds is 3. The first-order valence-corrected chi connectivity index (χ1v) is 8.19. The third kappa shape index (κ3) is 2.75. The molecule has 0 atom stereocenters. The van der Waals surface area contributed by atoms with E-state index >= 15 is 0 Å². The van der Waals surface area contributed by atoms with Crippen molar-refractivity contribution in [2.24, 2.45) is 0 Å². The molecule has 0 saturated carbocycles. The van der Waals surface area contributed by atoms with Crippen molar-refractivity contribution >= 4 is 28.5 Å². The minimum atomic E-state index is -0.202. The monoisotopic (exact) mass is 361 g/mol. The summed E-state index contributed by atoms with van der Waals surface area (Å²) in [4.78, 5) is 14.5. The molecule has 0 spiro atoms. The predicted octanol–water partition coefficient (Wildman–Crippen LogP) is 2.44. The van der Waals surface area contributed by atoms with E-state index in [9.17, 15) is 9.90 Å². The summed E-state index contributed by atoms with van der Waals surface area (Å²) >= 11 is 6.07. The summed E-state index contributed by atoms with van der Waals surface area (Å²) in [5.74, 6) is 0.532. The van der Waals surface area contributed by atoms with Gasteiger partial charge in [0.25, 0.3) is 5.91 Å². The highest BCUT2D eigenvalue weighted by atomic mass is 35.5. The predicted molar refractivity (Wildman–Crippen MR) is 90.7 cm³/mol. The topological polar surface area (TPSA) is 80.7 Å². The van der Waals surface area contributed by atoms with Crippen LogP contribution in [0.4, 0.5) is 0 Å². The van der Waals surface area contributed by atoms with Gasteiger partial charge < -0.3 is 19.2 Å². The first kappa shape index (κ1) is 16.0. The second-order valence-corrected chi connectivity index (χ2v) is 6.31. The number of hydrogen-bond donors (Lipinski definition) is 1. The average Bonchev–Trinajstić information content (AvgIpc) is 3.22. The lowest BCUT2D eigenvalue weighted by atomic mass is 10.2. The number of carbonyl (C=O) groups excluding carboxylic acids is 1. The first-order chi connectivity index (χ1) is 12.1. The number of aromatic nitrogens is 2. The molecule has 0 fully saturated rings. The van der Waals surface area contributed by atoms with Crippen LogP contribution >= 0.6 is 11.6 Å². The standard InChI is InChI=1S/C17H16ClN3O4/c1-24-14-6-11(18)4-10-5-15(25-16(10)14)17(23)20-2-3-21-13(8-20)7-12(9-22)19-21/h4-7,22H,2-3,8-9H2,1H3. The van der Waals surface area contributed by atoms with Crippen LogP contribution in [0, 0.1) is 0 Å². The largest absolute Gasteiger partial charge is 0.493 e. The van der Waals surface area contributed by atoms with E-state index in [1.54, 1.807) is 29.2 Å². The van der Waals surface area contributed by atoms with Crippen molar-refractivity contribution < 1.29 is 19.1 Å². The van der Waals surface area contributed by atoms with E-state index in [1.807, 2.05) is 4.68 Å². The Labute approximate surface area is 148 Å². The first-order valence-electron chi connectivity index (χ1n) is 7.82. The van der Waals surface area contributed by atoms with Crippen LogP contribution in [0.25, 0.3) is 11.0 Å². The number of halogens is 1. The van der Waals surface area contributed by atoms with Crippen LogP contribution in [-0.2, 0) is 19.7 Å². The van der Waals surface area contributed by atoms with Crippen molar-refractivity contribution in [1.82, 2.24) is 14.7 Å². The van der Waals surface area contributed by atoms with E-state index in [0.29, 0.717) is 41.7 Å². The Balaban J connectivity index is 1.64. The Morgan fingerprint density at radius 2 is 2.20 bits per heavy atom. The minimum Gasteiger partial charge on any atom is -0.493 e. The van der Waals surface area contributed by atoms with Gasteiger partial charge in [0, 0.05) is 23.0 Å². The van der Waals surface area contributed by atoms with Gasteiger partial charge in [-0.1, -0.05) is 11.6 Å². The zero-order chi connectivity index (χ0) is 17.6. The summed E-state index contributed by atoms with van der Waals surface area (Å²) in [5.41, 5.74) is 1.99. The molecule has 7 nitrogen and oxygen atoms in total. The van der Waals surface area contributed by atoms with Gasteiger partial charge in [0.15, 0.2) is 17.1 Å². The van der Waals surface area contributed by atoms with Crippen LogP contribution in [0.5, 0.6) is 5.75 Å². The van der Waals surface area contributed by atoms with Gasteiger partial charge in [-0.05, 0) is 18.2 Å². The molecule has 0 aliphatic carbocycles. The van der Waals surface area contributed by atoms with E-state index in [0.717, 1.165) is 11.1 Å². The van der Waals surface area contributed by atoms with Crippen LogP contribution in [0.15, 0.2) is 28.7 Å². The highest BCUT2D eigenvalue weighted by Crippen LogP contribution is 2.33. The van der Waals surface area contributed by atoms with Crippen molar-refractivity contribution in [1.29, 1.82) is 0 Å². The highest BCUT2D eigenvalue weighted by molar-refractivity contribution is 6.31. The molecule has 130 valence electrons. The van der Waals surface area contributed by atoms with E-state index in [1.165, 1.54) is 7.11 Å². The molecule has 8 heteroatoms. The molecule has 0 bridgehead atoms. The lowest BCUT2D eigenvalue weighted by Gasteiger charge is -2.26. The van der Waals surface area contributed by atoms with E-state index in [4.69, 9.17) is 20.8 Å². The number of benzene rings is 1. The number of fused-ring (bicyclic) bond motifs is 2. The summed E-state index contributed by atoms with van der Waals surface area (Å²) in [6.07, 6.45) is 0. The molecular formula is C17H16ClN3O4. The average molecular weight is 362 g/mol. The molecule has 1 aromatic carbocycles. The highest BCUT2D eigenvalue weighted by Gasteiger charge is 2.26. The van der Waals surface area contributed by atoms with Crippen LogP contribution < -0.4 is 4.74 Å². The molecule has 0 saturated heterocycles. The molecule has 1 amide bonds. The van der Waals surface area contributed by atoms with Gasteiger partial charge in [-0.15, -0.1) is 0 Å². The number of hydrogen-bond acceptors (Lipinski definition) is 5. The number of aliphatic hydroxyl groups is 1. The third-order valence-electron chi connectivity index (χ3n) is 4.28. The van der Waals surface area contributed by atoms with Gasteiger partial charge >= 0.3 is 0 Å². The van der Waals surface area contributed by atoms with Crippen molar-refractivity contribution in [3.63, 3.8) is 0 Å². The van der Waals surface area contributed by atoms with E-state index in [-0.39, 0.29) is 18.3 Å². The molecule has 1 aliphatic heterocycles. The zero-order valence-corrected chi connectivity index (χ0v) is 14.3. The van der Waals surface area contributed by atoms with Gasteiger partial charge in [0.05, 0.1) is 38.2 Å². The molecule has 2 aromatic heterocycles. The second-order valence-electron chi connectivity index (χ2n) is 5.87. The number of amides is 1.